The molecule has 20 heavy (non-hydrogen) atoms. The van der Waals surface area contributed by atoms with E-state index in [2.05, 4.69) is 18.0 Å². The summed E-state index contributed by atoms with van der Waals surface area (Å²) in [4.78, 5) is 0. The molecule has 0 aliphatic rings. The van der Waals surface area contributed by atoms with Gasteiger partial charge in [0.1, 0.15) is 0 Å². The predicted octanol–water partition coefficient (Wildman–Crippen LogP) is 7.22. The molecule has 0 rings (SSSR count). The first-order valence-electron chi connectivity index (χ1n) is 9.18. The molecular formula is C18H38SSe. The number of rotatable bonds is 17. The molecule has 122 valence electrons. The zero-order valence-electron chi connectivity index (χ0n) is 13.9. The van der Waals surface area contributed by atoms with Crippen LogP contribution in [0.15, 0.2) is 0 Å². The Bertz CT molecular complexity index is 143. The molecule has 0 amide bonds. The first-order chi connectivity index (χ1) is 9.91. The molecule has 0 heterocycles. The van der Waals surface area contributed by atoms with Crippen LogP contribution in [0.2, 0.25) is 5.32 Å². The van der Waals surface area contributed by atoms with Crippen molar-refractivity contribution in [3.05, 3.63) is 0 Å². The standard InChI is InChI=1S/C18H38SSe/c1-2-3-4-5-6-7-8-9-10-11-12-13-14-15-16-17-18-20-19/h19H,2-18H2,1H3. The Morgan fingerprint density at radius 3 is 1.10 bits per heavy atom. The van der Waals surface area contributed by atoms with Gasteiger partial charge >= 0.3 is 101 Å². The van der Waals surface area contributed by atoms with Gasteiger partial charge in [0.25, 0.3) is 0 Å². The van der Waals surface area contributed by atoms with Crippen molar-refractivity contribution in [2.75, 3.05) is 0 Å². The van der Waals surface area contributed by atoms with E-state index in [1.807, 2.05) is 0 Å². The molecule has 0 atom stereocenters. The summed E-state index contributed by atoms with van der Waals surface area (Å²) in [7, 11) is 0. The summed E-state index contributed by atoms with van der Waals surface area (Å²) >= 11 is 4.92. The van der Waals surface area contributed by atoms with E-state index in [1.54, 1.807) is 0 Å². The summed E-state index contributed by atoms with van der Waals surface area (Å²) in [5.41, 5.74) is 0. The molecule has 0 aromatic rings. The number of unbranched alkanes of at least 4 members (excludes halogenated alkanes) is 15. The molecule has 0 fully saturated rings. The van der Waals surface area contributed by atoms with Gasteiger partial charge in [-0.05, 0) is 0 Å². The zero-order chi connectivity index (χ0) is 14.7. The summed E-state index contributed by atoms with van der Waals surface area (Å²) in [6.07, 6.45) is 23.4. The third-order valence-electron chi connectivity index (χ3n) is 4.09. The normalized spacial score (nSPS) is 11.1. The minimum absolute atomic E-state index is 0.607. The Labute approximate surface area is 139 Å². The number of thiol groups is 1. The topological polar surface area (TPSA) is 0 Å². The van der Waals surface area contributed by atoms with E-state index in [0.717, 1.165) is 0 Å². The minimum atomic E-state index is 0.607. The molecule has 0 aromatic carbocycles. The van der Waals surface area contributed by atoms with Crippen molar-refractivity contribution in [2.24, 2.45) is 0 Å². The van der Waals surface area contributed by atoms with Gasteiger partial charge in [-0.2, -0.15) is 0 Å². The Morgan fingerprint density at radius 2 is 0.800 bits per heavy atom. The average molecular weight is 366 g/mol. The maximum absolute atomic E-state index is 4.31. The van der Waals surface area contributed by atoms with Gasteiger partial charge in [0.2, 0.25) is 0 Å². The van der Waals surface area contributed by atoms with E-state index in [4.69, 9.17) is 0 Å². The molecule has 2 heteroatoms. The van der Waals surface area contributed by atoms with Gasteiger partial charge in [0.05, 0.1) is 0 Å². The molecule has 0 unspecified atom stereocenters. The Hall–Kier alpha value is 0.869. The fraction of sp³-hybridized carbons (Fsp3) is 1.00. The summed E-state index contributed by atoms with van der Waals surface area (Å²) in [6.45, 7) is 2.29. The zero-order valence-corrected chi connectivity index (χ0v) is 16.5. The Balaban J connectivity index is 2.89. The van der Waals surface area contributed by atoms with E-state index in [0.29, 0.717) is 13.8 Å². The first-order valence-corrected chi connectivity index (χ1v) is 13.1. The fourth-order valence-corrected chi connectivity index (χ4v) is 4.08. The van der Waals surface area contributed by atoms with Gasteiger partial charge in [-0.3, -0.25) is 0 Å². The fourth-order valence-electron chi connectivity index (χ4n) is 2.71. The van der Waals surface area contributed by atoms with Crippen LogP contribution in [0.4, 0.5) is 0 Å². The summed E-state index contributed by atoms with van der Waals surface area (Å²) in [5.74, 6) is 0. The van der Waals surface area contributed by atoms with E-state index in [-0.39, 0.29) is 0 Å². The van der Waals surface area contributed by atoms with Crippen LogP contribution in [0.1, 0.15) is 110 Å². The van der Waals surface area contributed by atoms with Crippen LogP contribution in [0.5, 0.6) is 0 Å². The van der Waals surface area contributed by atoms with Gasteiger partial charge in [0, 0.05) is 0 Å². The quantitative estimate of drug-likeness (QED) is 0.157. The van der Waals surface area contributed by atoms with Crippen LogP contribution in [0.3, 0.4) is 0 Å². The molecule has 0 spiro atoms. The van der Waals surface area contributed by atoms with Crippen molar-refractivity contribution in [1.29, 1.82) is 0 Å². The van der Waals surface area contributed by atoms with E-state index < -0.39 is 0 Å². The summed E-state index contributed by atoms with van der Waals surface area (Å²) < 4.78 is 0. The first kappa shape index (κ1) is 20.9. The second-order valence-corrected chi connectivity index (χ2v) is 8.88. The van der Waals surface area contributed by atoms with Crippen LogP contribution in [-0.4, -0.2) is 13.8 Å². The molecule has 0 aliphatic carbocycles. The molecule has 0 nitrogen and oxygen atoms in total. The van der Waals surface area contributed by atoms with Crippen LogP contribution < -0.4 is 0 Å². The maximum atomic E-state index is 4.31. The van der Waals surface area contributed by atoms with Crippen molar-refractivity contribution in [1.82, 2.24) is 0 Å². The van der Waals surface area contributed by atoms with Crippen LogP contribution in [0.25, 0.3) is 0 Å². The Kier molecular flexibility index (Phi) is 20.7. The van der Waals surface area contributed by atoms with E-state index >= 15 is 0 Å². The molecule has 0 bridgehead atoms. The predicted molar refractivity (Wildman–Crippen MR) is 99.1 cm³/mol. The van der Waals surface area contributed by atoms with Crippen LogP contribution >= 0.6 is 11.0 Å². The van der Waals surface area contributed by atoms with Gasteiger partial charge in [-0.15, -0.1) is 0 Å². The number of hydrogen-bond acceptors (Lipinski definition) is 1. The van der Waals surface area contributed by atoms with Crippen LogP contribution in [0, 0.1) is 0 Å². The van der Waals surface area contributed by atoms with Crippen molar-refractivity contribution < 1.29 is 0 Å². The molecule has 0 aliphatic heterocycles. The van der Waals surface area contributed by atoms with Crippen molar-refractivity contribution in [3.63, 3.8) is 0 Å². The monoisotopic (exact) mass is 366 g/mol. The van der Waals surface area contributed by atoms with Gasteiger partial charge in [-0.25, -0.2) is 0 Å². The molecule has 0 saturated heterocycles. The molecule has 0 radical (unpaired) electrons. The van der Waals surface area contributed by atoms with Crippen LogP contribution in [-0.2, 0) is 0 Å². The second kappa shape index (κ2) is 19.9. The Morgan fingerprint density at radius 1 is 0.500 bits per heavy atom. The van der Waals surface area contributed by atoms with E-state index in [9.17, 15) is 0 Å². The van der Waals surface area contributed by atoms with Crippen molar-refractivity contribution >= 4 is 24.9 Å². The van der Waals surface area contributed by atoms with Gasteiger partial charge in [0.15, 0.2) is 0 Å². The summed E-state index contributed by atoms with van der Waals surface area (Å²) in [5, 5.41) is 1.37. The molecular weight excluding hydrogens is 327 g/mol. The molecule has 0 N–H and O–H groups in total. The second-order valence-electron chi connectivity index (χ2n) is 6.14. The third kappa shape index (κ3) is 18.9. The molecule has 0 aromatic heterocycles. The SMILES string of the molecule is CCCCCCCCCCCCCCCCCC[Se]S. The van der Waals surface area contributed by atoms with Crippen molar-refractivity contribution in [3.8, 4) is 0 Å². The summed E-state index contributed by atoms with van der Waals surface area (Å²) in [6, 6.07) is 0. The van der Waals surface area contributed by atoms with Gasteiger partial charge < -0.3 is 0 Å². The molecule has 0 saturated carbocycles. The number of hydrogen-bond donors (Lipinski definition) is 1. The van der Waals surface area contributed by atoms with Crippen molar-refractivity contribution in [2.45, 2.75) is 115 Å². The van der Waals surface area contributed by atoms with Gasteiger partial charge in [-0.1, -0.05) is 39.0 Å². The van der Waals surface area contributed by atoms with E-state index in [1.165, 1.54) is 108 Å². The average Bonchev–Trinajstić information content (AvgIpc) is 2.47. The third-order valence-corrected chi connectivity index (χ3v) is 6.03.